The van der Waals surface area contributed by atoms with Crippen LogP contribution in [0.4, 0.5) is 26.8 Å². The van der Waals surface area contributed by atoms with Gasteiger partial charge in [-0.2, -0.15) is 20.2 Å². The van der Waals surface area contributed by atoms with Crippen LogP contribution in [0.3, 0.4) is 0 Å². The molecule has 1 aliphatic heterocycles. The second kappa shape index (κ2) is 7.87. The van der Waals surface area contributed by atoms with Crippen molar-refractivity contribution in [3.63, 3.8) is 0 Å². The number of hydrogen-bond acceptors (Lipinski definition) is 7. The average Bonchev–Trinajstić information content (AvgIpc) is 3.32. The third kappa shape index (κ3) is 3.56. The molecule has 1 aromatic carbocycles. The zero-order valence-corrected chi connectivity index (χ0v) is 18.7. The summed E-state index contributed by atoms with van der Waals surface area (Å²) >= 11 is 0. The number of nitrogens with one attached hydrogen (secondary N) is 1. The van der Waals surface area contributed by atoms with E-state index in [2.05, 4.69) is 37.3 Å². The fraction of sp³-hybridized carbons (Fsp3) is 0.381. The number of carbonyl (C=O) groups is 1. The molecule has 33 heavy (non-hydrogen) atoms. The summed E-state index contributed by atoms with van der Waals surface area (Å²) in [5.41, 5.74) is 7.37. The van der Waals surface area contributed by atoms with E-state index in [1.165, 1.54) is 12.1 Å². The van der Waals surface area contributed by atoms with Crippen molar-refractivity contribution in [2.45, 2.75) is 19.4 Å². The van der Waals surface area contributed by atoms with E-state index in [9.17, 15) is 9.18 Å². The van der Waals surface area contributed by atoms with E-state index in [1.807, 2.05) is 7.05 Å². The average molecular weight is 452 g/mol. The molecule has 0 bridgehead atoms. The number of amides is 2. The summed E-state index contributed by atoms with van der Waals surface area (Å²) in [5, 5.41) is 12.9. The minimum Gasteiger partial charge on any atom is -0.368 e. The van der Waals surface area contributed by atoms with E-state index < -0.39 is 0 Å². The fourth-order valence-corrected chi connectivity index (χ4v) is 4.42. The van der Waals surface area contributed by atoms with Gasteiger partial charge < -0.3 is 15.5 Å². The van der Waals surface area contributed by atoms with Crippen LogP contribution in [0, 0.1) is 5.82 Å². The van der Waals surface area contributed by atoms with Crippen molar-refractivity contribution >= 4 is 45.6 Å². The lowest BCUT2D eigenvalue weighted by atomic mass is 10.1. The highest BCUT2D eigenvalue weighted by Crippen LogP contribution is 2.29. The number of rotatable bonds is 3. The van der Waals surface area contributed by atoms with E-state index in [0.717, 1.165) is 23.1 Å². The van der Waals surface area contributed by atoms with Gasteiger partial charge in [0.2, 0.25) is 5.95 Å². The van der Waals surface area contributed by atoms with Crippen LogP contribution in [-0.4, -0.2) is 66.1 Å². The molecule has 0 aliphatic carbocycles. The van der Waals surface area contributed by atoms with Crippen molar-refractivity contribution < 1.29 is 9.18 Å². The summed E-state index contributed by atoms with van der Waals surface area (Å²) in [6.07, 6.45) is 2.54. The van der Waals surface area contributed by atoms with E-state index in [-0.39, 0.29) is 23.8 Å². The predicted molar refractivity (Wildman–Crippen MR) is 123 cm³/mol. The molecule has 3 aromatic heterocycles. The highest BCUT2D eigenvalue weighted by atomic mass is 19.1. The van der Waals surface area contributed by atoms with Gasteiger partial charge in [-0.05, 0) is 24.6 Å². The van der Waals surface area contributed by atoms with Gasteiger partial charge >= 0.3 is 6.03 Å². The number of nitrogen functional groups attached to an aromatic ring is 1. The van der Waals surface area contributed by atoms with Crippen molar-refractivity contribution in [2.24, 2.45) is 14.1 Å². The lowest BCUT2D eigenvalue weighted by Gasteiger charge is -2.41. The third-order valence-corrected chi connectivity index (χ3v) is 6.14. The van der Waals surface area contributed by atoms with Crippen LogP contribution in [0.2, 0.25) is 0 Å². The quantitative estimate of drug-likeness (QED) is 0.488. The molecule has 0 saturated carbocycles. The lowest BCUT2D eigenvalue weighted by molar-refractivity contribution is 0.197. The van der Waals surface area contributed by atoms with Gasteiger partial charge in [0.15, 0.2) is 11.5 Å². The van der Waals surface area contributed by atoms with E-state index in [0.29, 0.717) is 36.5 Å². The molecular weight excluding hydrogens is 427 g/mol. The third-order valence-electron chi connectivity index (χ3n) is 6.14. The first-order valence-corrected chi connectivity index (χ1v) is 10.8. The Morgan fingerprint density at radius 2 is 2.03 bits per heavy atom. The Kier molecular flexibility index (Phi) is 4.99. The number of fused-ring (bicyclic) bond motifs is 2. The first-order valence-electron chi connectivity index (χ1n) is 10.8. The molecule has 1 saturated heterocycles. The normalized spacial score (nSPS) is 16.7. The topological polar surface area (TPSA) is 123 Å². The van der Waals surface area contributed by atoms with Gasteiger partial charge in [-0.15, -0.1) is 0 Å². The summed E-state index contributed by atoms with van der Waals surface area (Å²) in [6.45, 7) is 3.61. The van der Waals surface area contributed by atoms with Crippen molar-refractivity contribution in [3.05, 3.63) is 30.2 Å². The second-order valence-electron chi connectivity index (χ2n) is 8.18. The molecule has 12 heteroatoms. The predicted octanol–water partition coefficient (Wildman–Crippen LogP) is 2.10. The largest absolute Gasteiger partial charge is 0.368 e. The van der Waals surface area contributed by atoms with Gasteiger partial charge in [0, 0.05) is 45.2 Å². The molecule has 4 heterocycles. The van der Waals surface area contributed by atoms with E-state index in [4.69, 9.17) is 5.73 Å². The number of nitrogens with two attached hydrogens (primary N) is 1. The molecule has 11 nitrogen and oxygen atoms in total. The second-order valence-corrected chi connectivity index (χ2v) is 8.18. The Bertz CT molecular complexity index is 1360. The minimum atomic E-state index is -0.378. The van der Waals surface area contributed by atoms with Gasteiger partial charge in [-0.25, -0.2) is 9.18 Å². The van der Waals surface area contributed by atoms with Crippen molar-refractivity contribution in [2.75, 3.05) is 35.6 Å². The standard InChI is InChI=1S/C21H25FN10O/c1-4-13-11-31(21(33)25-17-14-9-12(22)5-6-16(14)29(2)28-17)7-8-32(13)19-15-10-24-30(3)18(15)26-20(23)27-19/h5-6,9-10,13H,4,7-8,11H2,1-3H3,(H2,23,26,27)(H,25,28,33)/t13-/m0/s1. The molecule has 1 fully saturated rings. The van der Waals surface area contributed by atoms with Gasteiger partial charge in [0.05, 0.1) is 17.1 Å². The minimum absolute atomic E-state index is 0.0279. The smallest absolute Gasteiger partial charge is 0.323 e. The van der Waals surface area contributed by atoms with Crippen molar-refractivity contribution in [3.8, 4) is 0 Å². The van der Waals surface area contributed by atoms with E-state index in [1.54, 1.807) is 33.6 Å². The van der Waals surface area contributed by atoms with Crippen LogP contribution in [0.25, 0.3) is 21.9 Å². The Labute approximate surface area is 189 Å². The number of benzene rings is 1. The molecule has 3 N–H and O–H groups in total. The zero-order chi connectivity index (χ0) is 23.3. The number of halogens is 1. The molecule has 1 aliphatic rings. The Hall–Kier alpha value is -3.96. The molecule has 4 aromatic rings. The molecule has 5 rings (SSSR count). The summed E-state index contributed by atoms with van der Waals surface area (Å²) in [6, 6.07) is 4.15. The van der Waals surface area contributed by atoms with Crippen LogP contribution >= 0.6 is 0 Å². The van der Waals surface area contributed by atoms with Crippen molar-refractivity contribution in [1.29, 1.82) is 0 Å². The number of hydrogen-bond donors (Lipinski definition) is 2. The molecule has 2 amide bonds. The Balaban J connectivity index is 1.38. The fourth-order valence-electron chi connectivity index (χ4n) is 4.42. The van der Waals surface area contributed by atoms with Crippen LogP contribution in [0.1, 0.15) is 13.3 Å². The van der Waals surface area contributed by atoms with Crippen LogP contribution in [0.15, 0.2) is 24.4 Å². The summed E-state index contributed by atoms with van der Waals surface area (Å²) in [5.74, 6) is 0.874. The monoisotopic (exact) mass is 452 g/mol. The molecule has 0 radical (unpaired) electrons. The Morgan fingerprint density at radius 1 is 1.21 bits per heavy atom. The van der Waals surface area contributed by atoms with Gasteiger partial charge in [-0.3, -0.25) is 14.7 Å². The number of aryl methyl sites for hydroxylation is 2. The maximum Gasteiger partial charge on any atom is 0.323 e. The highest BCUT2D eigenvalue weighted by Gasteiger charge is 2.31. The van der Waals surface area contributed by atoms with Crippen LogP contribution < -0.4 is 16.0 Å². The maximum atomic E-state index is 13.8. The van der Waals surface area contributed by atoms with Gasteiger partial charge in [0.25, 0.3) is 0 Å². The SMILES string of the molecule is CC[C@H]1CN(C(=O)Nc2nn(C)c3ccc(F)cc23)CCN1c1nc(N)nc2c1cnn2C. The summed E-state index contributed by atoms with van der Waals surface area (Å²) in [4.78, 5) is 25.8. The maximum absolute atomic E-state index is 13.8. The number of urea groups is 1. The van der Waals surface area contributed by atoms with Gasteiger partial charge in [0.1, 0.15) is 11.6 Å². The first kappa shape index (κ1) is 20.9. The summed E-state index contributed by atoms with van der Waals surface area (Å²) in [7, 11) is 3.57. The summed E-state index contributed by atoms with van der Waals surface area (Å²) < 4.78 is 17.1. The van der Waals surface area contributed by atoms with Gasteiger partial charge in [-0.1, -0.05) is 6.92 Å². The lowest BCUT2D eigenvalue weighted by Crippen LogP contribution is -2.56. The number of piperazine rings is 1. The molecule has 1 atom stereocenters. The molecular formula is C21H25FN10O. The number of anilines is 3. The molecule has 0 unspecified atom stereocenters. The van der Waals surface area contributed by atoms with Crippen molar-refractivity contribution in [1.82, 2.24) is 34.4 Å². The Morgan fingerprint density at radius 3 is 2.82 bits per heavy atom. The zero-order valence-electron chi connectivity index (χ0n) is 18.7. The first-order chi connectivity index (χ1) is 15.9. The molecule has 172 valence electrons. The number of aromatic nitrogens is 6. The molecule has 0 spiro atoms. The highest BCUT2D eigenvalue weighted by molar-refractivity contribution is 5.99. The number of nitrogens with zero attached hydrogens (tertiary/aromatic N) is 8. The van der Waals surface area contributed by atoms with Crippen LogP contribution in [-0.2, 0) is 14.1 Å². The number of carbonyl (C=O) groups excluding carboxylic acids is 1. The van der Waals surface area contributed by atoms with Crippen LogP contribution in [0.5, 0.6) is 0 Å². The van der Waals surface area contributed by atoms with E-state index >= 15 is 0 Å².